The molecule has 1 aliphatic rings. The molecule has 0 N–H and O–H groups in total. The third-order valence-corrected chi connectivity index (χ3v) is 4.37. The van der Waals surface area contributed by atoms with E-state index >= 15 is 0 Å². The Kier molecular flexibility index (Phi) is 3.05. The molecule has 1 aliphatic heterocycles. The van der Waals surface area contributed by atoms with Crippen LogP contribution in [0.5, 0.6) is 0 Å². The molecule has 4 nitrogen and oxygen atoms in total. The molecule has 1 fully saturated rings. The van der Waals surface area contributed by atoms with Crippen LogP contribution in [0.1, 0.15) is 33.4 Å². The Bertz CT molecular complexity index is 734. The smallest absolute Gasteiger partial charge is 0.399 e. The summed E-state index contributed by atoms with van der Waals surface area (Å²) in [7, 11) is -0.491. The fourth-order valence-electron chi connectivity index (χ4n) is 2.42. The van der Waals surface area contributed by atoms with Crippen LogP contribution in [0, 0.1) is 11.3 Å². The summed E-state index contributed by atoms with van der Waals surface area (Å²) >= 11 is 0. The predicted octanol–water partition coefficient (Wildman–Crippen LogP) is 2.41. The highest BCUT2D eigenvalue weighted by molar-refractivity contribution is 6.65. The van der Waals surface area contributed by atoms with E-state index in [0.29, 0.717) is 5.69 Å². The monoisotopic (exact) mass is 280 g/mol. The van der Waals surface area contributed by atoms with Gasteiger partial charge in [-0.05, 0) is 45.3 Å². The topological polar surface area (TPSA) is 55.1 Å². The van der Waals surface area contributed by atoms with Gasteiger partial charge in [0.1, 0.15) is 11.8 Å². The lowest BCUT2D eigenvalue weighted by Gasteiger charge is -2.32. The Balaban J connectivity index is 2.16. The van der Waals surface area contributed by atoms with Gasteiger partial charge in [-0.25, -0.2) is 4.98 Å². The third kappa shape index (κ3) is 2.21. The fourth-order valence-corrected chi connectivity index (χ4v) is 2.42. The van der Waals surface area contributed by atoms with Crippen LogP contribution >= 0.6 is 0 Å². The van der Waals surface area contributed by atoms with Gasteiger partial charge in [0.15, 0.2) is 0 Å². The number of hydrogen-bond donors (Lipinski definition) is 0. The highest BCUT2D eigenvalue weighted by Gasteiger charge is 2.52. The predicted molar refractivity (Wildman–Crippen MR) is 82.2 cm³/mol. The normalized spacial score (nSPS) is 19.7. The summed E-state index contributed by atoms with van der Waals surface area (Å²) in [5.41, 5.74) is 1.19. The van der Waals surface area contributed by atoms with E-state index < -0.39 is 18.3 Å². The van der Waals surface area contributed by atoms with Crippen molar-refractivity contribution in [2.75, 3.05) is 0 Å². The van der Waals surface area contributed by atoms with E-state index in [2.05, 4.69) is 11.1 Å². The summed E-state index contributed by atoms with van der Waals surface area (Å²) < 4.78 is 12.2. The van der Waals surface area contributed by atoms with Crippen LogP contribution in [0.15, 0.2) is 30.3 Å². The summed E-state index contributed by atoms with van der Waals surface area (Å²) in [6, 6.07) is 11.6. The Morgan fingerprint density at radius 3 is 2.33 bits per heavy atom. The number of benzene rings is 1. The van der Waals surface area contributed by atoms with Crippen molar-refractivity contribution >= 4 is 23.5 Å². The zero-order valence-corrected chi connectivity index (χ0v) is 12.7. The van der Waals surface area contributed by atoms with Crippen molar-refractivity contribution in [1.82, 2.24) is 4.98 Å². The van der Waals surface area contributed by atoms with Crippen molar-refractivity contribution in [2.45, 2.75) is 38.9 Å². The van der Waals surface area contributed by atoms with Gasteiger partial charge in [-0.1, -0.05) is 18.2 Å². The van der Waals surface area contributed by atoms with Gasteiger partial charge < -0.3 is 9.31 Å². The molecular weight excluding hydrogens is 263 g/mol. The molecule has 21 heavy (non-hydrogen) atoms. The maximum atomic E-state index is 9.18. The van der Waals surface area contributed by atoms with Crippen LogP contribution < -0.4 is 5.46 Å². The molecule has 0 saturated carbocycles. The van der Waals surface area contributed by atoms with Gasteiger partial charge in [-0.15, -0.1) is 0 Å². The average molecular weight is 280 g/mol. The SMILES string of the molecule is CC1(C)OB(c2cc(C#N)nc3ccccc23)OC1(C)C. The number of pyridine rings is 1. The van der Waals surface area contributed by atoms with E-state index in [-0.39, 0.29) is 0 Å². The summed E-state index contributed by atoms with van der Waals surface area (Å²) in [6.07, 6.45) is 0. The quantitative estimate of drug-likeness (QED) is 0.753. The van der Waals surface area contributed by atoms with Crippen LogP contribution in [0.2, 0.25) is 0 Å². The molecule has 0 radical (unpaired) electrons. The highest BCUT2D eigenvalue weighted by atomic mass is 16.7. The Labute approximate surface area is 124 Å². The molecule has 2 aromatic rings. The van der Waals surface area contributed by atoms with Crippen molar-refractivity contribution in [2.24, 2.45) is 0 Å². The number of nitrogens with zero attached hydrogens (tertiary/aromatic N) is 2. The van der Waals surface area contributed by atoms with Crippen molar-refractivity contribution in [1.29, 1.82) is 5.26 Å². The number of fused-ring (bicyclic) bond motifs is 1. The maximum Gasteiger partial charge on any atom is 0.495 e. The molecule has 106 valence electrons. The number of nitriles is 1. The molecule has 2 heterocycles. The first-order chi connectivity index (χ1) is 9.84. The van der Waals surface area contributed by atoms with Gasteiger partial charge in [0.2, 0.25) is 0 Å². The number of para-hydroxylation sites is 1. The lowest BCUT2D eigenvalue weighted by atomic mass is 9.76. The van der Waals surface area contributed by atoms with E-state index in [4.69, 9.17) is 9.31 Å². The number of hydrogen-bond acceptors (Lipinski definition) is 4. The van der Waals surface area contributed by atoms with E-state index in [9.17, 15) is 5.26 Å². The fraction of sp³-hybridized carbons (Fsp3) is 0.375. The standard InChI is InChI=1S/C16H17BN2O2/c1-15(2)16(3,4)21-17(20-15)13-9-11(10-18)19-14-8-6-5-7-12(13)14/h5-9H,1-4H3. The Morgan fingerprint density at radius 1 is 1.10 bits per heavy atom. The van der Waals surface area contributed by atoms with Crippen molar-refractivity contribution in [3.05, 3.63) is 36.0 Å². The summed E-state index contributed by atoms with van der Waals surface area (Å²) in [6.45, 7) is 8.06. The number of aromatic nitrogens is 1. The first kappa shape index (κ1) is 14.1. The van der Waals surface area contributed by atoms with Crippen LogP contribution in [0.25, 0.3) is 10.9 Å². The summed E-state index contributed by atoms with van der Waals surface area (Å²) in [5.74, 6) is 0. The summed E-state index contributed by atoms with van der Waals surface area (Å²) in [4.78, 5) is 4.33. The molecule has 5 heteroatoms. The van der Waals surface area contributed by atoms with Crippen LogP contribution in [0.4, 0.5) is 0 Å². The largest absolute Gasteiger partial charge is 0.495 e. The molecule has 1 aromatic carbocycles. The molecule has 0 bridgehead atoms. The average Bonchev–Trinajstić information content (AvgIpc) is 2.66. The van der Waals surface area contributed by atoms with Crippen LogP contribution in [0.3, 0.4) is 0 Å². The zero-order chi connectivity index (χ0) is 15.3. The van der Waals surface area contributed by atoms with E-state index in [1.807, 2.05) is 52.0 Å². The van der Waals surface area contributed by atoms with Gasteiger partial charge in [0.05, 0.1) is 16.7 Å². The van der Waals surface area contributed by atoms with Gasteiger partial charge in [0, 0.05) is 5.39 Å². The van der Waals surface area contributed by atoms with Crippen molar-refractivity contribution in [3.8, 4) is 6.07 Å². The second kappa shape index (κ2) is 4.55. The molecule has 0 unspecified atom stereocenters. The van der Waals surface area contributed by atoms with E-state index in [1.165, 1.54) is 0 Å². The van der Waals surface area contributed by atoms with Crippen molar-refractivity contribution < 1.29 is 9.31 Å². The molecule has 0 atom stereocenters. The van der Waals surface area contributed by atoms with E-state index in [0.717, 1.165) is 16.4 Å². The molecule has 1 saturated heterocycles. The molecule has 1 aromatic heterocycles. The molecule has 0 spiro atoms. The van der Waals surface area contributed by atoms with E-state index in [1.54, 1.807) is 6.07 Å². The Hall–Kier alpha value is -1.90. The molecule has 0 amide bonds. The second-order valence-corrected chi connectivity index (χ2v) is 6.31. The Morgan fingerprint density at radius 2 is 1.71 bits per heavy atom. The van der Waals surface area contributed by atoms with Crippen LogP contribution in [-0.4, -0.2) is 23.3 Å². The van der Waals surface area contributed by atoms with Crippen molar-refractivity contribution in [3.63, 3.8) is 0 Å². The van der Waals surface area contributed by atoms with Crippen LogP contribution in [-0.2, 0) is 9.31 Å². The maximum absolute atomic E-state index is 9.18. The molecule has 0 aliphatic carbocycles. The number of rotatable bonds is 1. The zero-order valence-electron chi connectivity index (χ0n) is 12.7. The van der Waals surface area contributed by atoms with Gasteiger partial charge in [0.25, 0.3) is 0 Å². The first-order valence-corrected chi connectivity index (χ1v) is 6.99. The third-order valence-electron chi connectivity index (χ3n) is 4.37. The highest BCUT2D eigenvalue weighted by Crippen LogP contribution is 2.36. The lowest BCUT2D eigenvalue weighted by molar-refractivity contribution is 0.00578. The van der Waals surface area contributed by atoms with Gasteiger partial charge >= 0.3 is 7.12 Å². The minimum Gasteiger partial charge on any atom is -0.399 e. The molecule has 3 rings (SSSR count). The molecular formula is C16H17BN2O2. The van der Waals surface area contributed by atoms with Gasteiger partial charge in [-0.2, -0.15) is 5.26 Å². The minimum absolute atomic E-state index is 0.374. The second-order valence-electron chi connectivity index (χ2n) is 6.31. The minimum atomic E-state index is -0.491. The summed E-state index contributed by atoms with van der Waals surface area (Å²) in [5, 5.41) is 10.1. The van der Waals surface area contributed by atoms with Gasteiger partial charge in [-0.3, -0.25) is 0 Å². The first-order valence-electron chi connectivity index (χ1n) is 6.99. The lowest BCUT2D eigenvalue weighted by Crippen LogP contribution is -2.41.